The van der Waals surface area contributed by atoms with Crippen molar-refractivity contribution in [1.29, 1.82) is 0 Å². The predicted molar refractivity (Wildman–Crippen MR) is 68.6 cm³/mol. The number of hydrogen-bond donors (Lipinski definition) is 0. The van der Waals surface area contributed by atoms with Crippen LogP contribution in [0.3, 0.4) is 0 Å². The van der Waals surface area contributed by atoms with Gasteiger partial charge in [0.15, 0.2) is 0 Å². The lowest BCUT2D eigenvalue weighted by Crippen LogP contribution is -1.86. The van der Waals surface area contributed by atoms with Crippen molar-refractivity contribution in [2.45, 2.75) is 0 Å². The van der Waals surface area contributed by atoms with Crippen LogP contribution in [0, 0.1) is 0 Å². The lowest BCUT2D eigenvalue weighted by atomic mass is 10.1. The van der Waals surface area contributed by atoms with Gasteiger partial charge in [-0.05, 0) is 17.2 Å². The van der Waals surface area contributed by atoms with E-state index in [9.17, 15) is 4.46 Å². The van der Waals surface area contributed by atoms with Crippen molar-refractivity contribution in [3.63, 3.8) is 0 Å². The van der Waals surface area contributed by atoms with E-state index in [1.807, 2.05) is 66.7 Å². The fourth-order valence-electron chi connectivity index (χ4n) is 1.54. The van der Waals surface area contributed by atoms with Crippen molar-refractivity contribution in [3.8, 4) is 0 Å². The van der Waals surface area contributed by atoms with E-state index < -0.39 is 9.41 Å². The second-order valence-electron chi connectivity index (χ2n) is 3.49. The summed E-state index contributed by atoms with van der Waals surface area (Å²) in [7, 11) is -0.920. The van der Waals surface area contributed by atoms with Crippen LogP contribution >= 0.6 is 0 Å². The van der Waals surface area contributed by atoms with Gasteiger partial charge in [0.25, 0.3) is 9.41 Å². The lowest BCUT2D eigenvalue weighted by Gasteiger charge is -1.99. The summed E-state index contributed by atoms with van der Waals surface area (Å²) in [6, 6.07) is 19.8. The summed E-state index contributed by atoms with van der Waals surface area (Å²) in [5.41, 5.74) is 2.13. The van der Waals surface area contributed by atoms with E-state index in [1.165, 1.54) is 0 Å². The average molecular weight is 224 g/mol. The zero-order valence-electron chi connectivity index (χ0n) is 8.84. The van der Waals surface area contributed by atoms with E-state index in [0.717, 1.165) is 16.3 Å². The molecule has 2 aromatic carbocycles. The van der Waals surface area contributed by atoms with Crippen molar-refractivity contribution in [1.82, 2.24) is 0 Å². The summed E-state index contributed by atoms with van der Waals surface area (Å²) in [6.45, 7) is 0. The van der Waals surface area contributed by atoms with Gasteiger partial charge in [0.05, 0.1) is 0 Å². The van der Waals surface area contributed by atoms with Gasteiger partial charge >= 0.3 is 0 Å². The van der Waals surface area contributed by atoms with E-state index in [2.05, 4.69) is 0 Å². The third kappa shape index (κ3) is 2.61. The monoisotopic (exact) mass is 224 g/mol. The van der Waals surface area contributed by atoms with Crippen molar-refractivity contribution in [2.24, 2.45) is 0 Å². The van der Waals surface area contributed by atoms with Crippen molar-refractivity contribution in [3.05, 3.63) is 71.8 Å². The Bertz CT molecular complexity index is 489. The second kappa shape index (κ2) is 5.33. The summed E-state index contributed by atoms with van der Waals surface area (Å²) in [5, 5.41) is 0.909. The van der Waals surface area contributed by atoms with Crippen molar-refractivity contribution < 1.29 is 4.46 Å². The SMILES string of the molecule is O=[SiH]C(=Cc1ccccc1)c1ccccc1. The van der Waals surface area contributed by atoms with Gasteiger partial charge in [-0.25, -0.2) is 0 Å². The molecule has 0 fully saturated rings. The van der Waals surface area contributed by atoms with Gasteiger partial charge in [0.1, 0.15) is 0 Å². The smallest absolute Gasteiger partial charge is 0.296 e. The maximum Gasteiger partial charge on any atom is 0.296 e. The molecule has 0 aromatic heterocycles. The summed E-state index contributed by atoms with van der Waals surface area (Å²) in [4.78, 5) is 0. The summed E-state index contributed by atoms with van der Waals surface area (Å²) in [6.07, 6.45) is 1.98. The molecule has 0 atom stereocenters. The molecule has 2 aromatic rings. The van der Waals surface area contributed by atoms with Gasteiger partial charge in [-0.2, -0.15) is 0 Å². The summed E-state index contributed by atoms with van der Waals surface area (Å²) in [5.74, 6) is 0. The van der Waals surface area contributed by atoms with Crippen LogP contribution in [-0.2, 0) is 4.46 Å². The molecule has 0 aliphatic rings. The summed E-state index contributed by atoms with van der Waals surface area (Å²) >= 11 is 0. The Morgan fingerprint density at radius 3 is 2.00 bits per heavy atom. The third-order valence-corrected chi connectivity index (χ3v) is 3.11. The molecular formula is C14H12OSi. The van der Waals surface area contributed by atoms with Gasteiger partial charge in [-0.1, -0.05) is 60.7 Å². The van der Waals surface area contributed by atoms with Crippen LogP contribution in [-0.4, -0.2) is 9.41 Å². The fraction of sp³-hybridized carbons (Fsp3) is 0. The van der Waals surface area contributed by atoms with Gasteiger partial charge in [0, 0.05) is 5.20 Å². The number of rotatable bonds is 3. The van der Waals surface area contributed by atoms with Crippen LogP contribution in [0.1, 0.15) is 11.1 Å². The molecular weight excluding hydrogens is 212 g/mol. The first-order valence-corrected chi connectivity index (χ1v) is 6.22. The quantitative estimate of drug-likeness (QED) is 0.578. The normalized spacial score (nSPS) is 11.1. The molecule has 0 amide bonds. The van der Waals surface area contributed by atoms with Crippen LogP contribution < -0.4 is 0 Å². The Labute approximate surface area is 97.3 Å². The first-order chi connectivity index (χ1) is 7.90. The molecule has 0 aliphatic heterocycles. The molecule has 0 saturated heterocycles. The molecule has 0 N–H and O–H groups in total. The highest BCUT2D eigenvalue weighted by Crippen LogP contribution is 2.15. The topological polar surface area (TPSA) is 17.1 Å². The molecule has 16 heavy (non-hydrogen) atoms. The third-order valence-electron chi connectivity index (χ3n) is 2.36. The minimum atomic E-state index is -0.920. The average Bonchev–Trinajstić information content (AvgIpc) is 2.38. The van der Waals surface area contributed by atoms with E-state index in [-0.39, 0.29) is 0 Å². The summed E-state index contributed by atoms with van der Waals surface area (Å²) < 4.78 is 11.2. The fourth-order valence-corrected chi connectivity index (χ4v) is 2.13. The van der Waals surface area contributed by atoms with E-state index in [4.69, 9.17) is 0 Å². The maximum atomic E-state index is 11.2. The highest BCUT2D eigenvalue weighted by Gasteiger charge is 1.99. The molecule has 0 aliphatic carbocycles. The maximum absolute atomic E-state index is 11.2. The Morgan fingerprint density at radius 2 is 1.44 bits per heavy atom. The van der Waals surface area contributed by atoms with Crippen molar-refractivity contribution >= 4 is 20.7 Å². The molecule has 0 unspecified atom stereocenters. The zero-order chi connectivity index (χ0) is 11.2. The number of benzene rings is 2. The molecule has 2 rings (SSSR count). The molecule has 0 radical (unpaired) electrons. The van der Waals surface area contributed by atoms with E-state index >= 15 is 0 Å². The van der Waals surface area contributed by atoms with Gasteiger partial charge in [-0.3, -0.25) is 0 Å². The Morgan fingerprint density at radius 1 is 0.875 bits per heavy atom. The zero-order valence-corrected chi connectivity index (χ0v) is 9.99. The second-order valence-corrected chi connectivity index (χ2v) is 4.35. The molecule has 0 saturated carbocycles. The highest BCUT2D eigenvalue weighted by atomic mass is 28.2. The Kier molecular flexibility index (Phi) is 3.56. The standard InChI is InChI=1S/C14H12OSi/c15-16-14(13-9-5-2-6-10-13)11-12-7-3-1-4-8-12/h1-11,16H. The minimum Gasteiger partial charge on any atom is -0.386 e. The first kappa shape index (κ1) is 10.7. The van der Waals surface area contributed by atoms with Crippen LogP contribution in [0.25, 0.3) is 11.3 Å². The highest BCUT2D eigenvalue weighted by molar-refractivity contribution is 6.50. The molecule has 0 heterocycles. The largest absolute Gasteiger partial charge is 0.386 e. The molecule has 0 bridgehead atoms. The first-order valence-electron chi connectivity index (χ1n) is 5.17. The number of hydrogen-bond acceptors (Lipinski definition) is 1. The molecule has 78 valence electrons. The van der Waals surface area contributed by atoms with E-state index in [1.54, 1.807) is 0 Å². The van der Waals surface area contributed by atoms with Crippen molar-refractivity contribution in [2.75, 3.05) is 0 Å². The molecule has 2 heteroatoms. The Hall–Kier alpha value is -1.80. The van der Waals surface area contributed by atoms with Crippen LogP contribution in [0.5, 0.6) is 0 Å². The van der Waals surface area contributed by atoms with Gasteiger partial charge in [0.2, 0.25) is 0 Å². The van der Waals surface area contributed by atoms with Crippen LogP contribution in [0.4, 0.5) is 0 Å². The van der Waals surface area contributed by atoms with E-state index in [0.29, 0.717) is 0 Å². The van der Waals surface area contributed by atoms with Gasteiger partial charge < -0.3 is 4.46 Å². The lowest BCUT2D eigenvalue weighted by molar-refractivity contribution is 0.584. The molecule has 1 nitrogen and oxygen atoms in total. The van der Waals surface area contributed by atoms with Crippen LogP contribution in [0.2, 0.25) is 0 Å². The van der Waals surface area contributed by atoms with Crippen LogP contribution in [0.15, 0.2) is 60.7 Å². The Balaban J connectivity index is 2.38. The minimum absolute atomic E-state index is 0.909. The van der Waals surface area contributed by atoms with Gasteiger partial charge in [-0.15, -0.1) is 0 Å². The molecule has 0 spiro atoms. The predicted octanol–water partition coefficient (Wildman–Crippen LogP) is 2.97.